The molecule has 0 radical (unpaired) electrons. The van der Waals surface area contributed by atoms with Crippen molar-refractivity contribution >= 4 is 5.91 Å². The fraction of sp³-hybridized carbons (Fsp3) is 0.727. The van der Waals surface area contributed by atoms with Gasteiger partial charge >= 0.3 is 0 Å². The molecule has 0 saturated carbocycles. The first-order valence-electron chi connectivity index (χ1n) is 5.19. The highest BCUT2D eigenvalue weighted by Crippen LogP contribution is 1.87. The van der Waals surface area contributed by atoms with Crippen molar-refractivity contribution in [2.45, 2.75) is 40.2 Å². The van der Waals surface area contributed by atoms with Gasteiger partial charge in [0, 0.05) is 12.6 Å². The largest absolute Gasteiger partial charge is 0.353 e. The van der Waals surface area contributed by atoms with Gasteiger partial charge in [0.05, 0.1) is 6.54 Å². The van der Waals surface area contributed by atoms with Crippen molar-refractivity contribution < 1.29 is 4.79 Å². The van der Waals surface area contributed by atoms with E-state index in [-0.39, 0.29) is 11.9 Å². The highest BCUT2D eigenvalue weighted by molar-refractivity contribution is 5.78. The Balaban J connectivity index is 3.50. The topological polar surface area (TPSA) is 41.1 Å². The van der Waals surface area contributed by atoms with E-state index in [0.717, 1.165) is 13.0 Å². The van der Waals surface area contributed by atoms with Crippen molar-refractivity contribution in [3.05, 3.63) is 11.6 Å². The summed E-state index contributed by atoms with van der Waals surface area (Å²) >= 11 is 0. The number of amides is 1. The minimum atomic E-state index is 0.0708. The van der Waals surface area contributed by atoms with E-state index in [9.17, 15) is 4.79 Å². The number of nitrogens with one attached hydrogen (secondary N) is 2. The summed E-state index contributed by atoms with van der Waals surface area (Å²) in [6, 6.07) is 0.271. The van der Waals surface area contributed by atoms with E-state index in [1.54, 1.807) is 0 Å². The van der Waals surface area contributed by atoms with Gasteiger partial charge in [-0.3, -0.25) is 4.79 Å². The average Bonchev–Trinajstić information content (AvgIpc) is 2.12. The van der Waals surface area contributed by atoms with Crippen molar-refractivity contribution in [1.82, 2.24) is 10.6 Å². The standard InChI is InChI=1S/C11H22N2O/c1-5-10(4)13-11(14)8-12-7-6-9(2)3/h6,10,12H,5,7-8H2,1-4H3,(H,13,14). The van der Waals surface area contributed by atoms with Gasteiger partial charge in [-0.2, -0.15) is 0 Å². The molecule has 0 spiro atoms. The Morgan fingerprint density at radius 1 is 1.43 bits per heavy atom. The smallest absolute Gasteiger partial charge is 0.234 e. The van der Waals surface area contributed by atoms with Gasteiger partial charge in [0.1, 0.15) is 0 Å². The molecule has 0 fully saturated rings. The number of carbonyl (C=O) groups is 1. The molecule has 3 nitrogen and oxygen atoms in total. The summed E-state index contributed by atoms with van der Waals surface area (Å²) in [4.78, 5) is 11.3. The van der Waals surface area contributed by atoms with Crippen molar-refractivity contribution in [2.24, 2.45) is 0 Å². The zero-order valence-electron chi connectivity index (χ0n) is 9.68. The molecule has 0 aromatic heterocycles. The van der Waals surface area contributed by atoms with E-state index < -0.39 is 0 Å². The van der Waals surface area contributed by atoms with E-state index in [4.69, 9.17) is 0 Å². The molecule has 0 rings (SSSR count). The fourth-order valence-electron chi connectivity index (χ4n) is 0.890. The normalized spacial score (nSPS) is 12.0. The van der Waals surface area contributed by atoms with Crippen LogP contribution in [0.25, 0.3) is 0 Å². The van der Waals surface area contributed by atoms with Gasteiger partial charge < -0.3 is 10.6 Å². The van der Waals surface area contributed by atoms with Gasteiger partial charge in [-0.15, -0.1) is 0 Å². The van der Waals surface area contributed by atoms with Crippen molar-refractivity contribution in [3.63, 3.8) is 0 Å². The lowest BCUT2D eigenvalue weighted by Gasteiger charge is -2.11. The summed E-state index contributed by atoms with van der Waals surface area (Å²) in [6.07, 6.45) is 3.04. The molecule has 0 aliphatic heterocycles. The van der Waals surface area contributed by atoms with Crippen molar-refractivity contribution in [3.8, 4) is 0 Å². The zero-order chi connectivity index (χ0) is 11.0. The summed E-state index contributed by atoms with van der Waals surface area (Å²) in [5.74, 6) is 0.0708. The van der Waals surface area contributed by atoms with Crippen LogP contribution in [-0.4, -0.2) is 25.0 Å². The third kappa shape index (κ3) is 7.80. The lowest BCUT2D eigenvalue weighted by molar-refractivity contribution is -0.120. The number of carbonyl (C=O) groups excluding carboxylic acids is 1. The number of hydrogen-bond acceptors (Lipinski definition) is 2. The lowest BCUT2D eigenvalue weighted by Crippen LogP contribution is -2.38. The van der Waals surface area contributed by atoms with Gasteiger partial charge in [0.15, 0.2) is 0 Å². The molecule has 1 atom stereocenters. The molecule has 1 amide bonds. The SMILES string of the molecule is CCC(C)NC(=O)CNCC=C(C)C. The molecule has 0 aromatic carbocycles. The van der Waals surface area contributed by atoms with Gasteiger partial charge in [-0.25, -0.2) is 0 Å². The van der Waals surface area contributed by atoms with E-state index in [2.05, 4.69) is 23.6 Å². The molecular formula is C11H22N2O. The molecule has 0 aliphatic carbocycles. The van der Waals surface area contributed by atoms with Crippen LogP contribution < -0.4 is 10.6 Å². The Bertz CT molecular complexity index is 195. The van der Waals surface area contributed by atoms with Crippen molar-refractivity contribution in [1.29, 1.82) is 0 Å². The van der Waals surface area contributed by atoms with Crippen LogP contribution in [0, 0.1) is 0 Å². The first-order valence-corrected chi connectivity index (χ1v) is 5.19. The van der Waals surface area contributed by atoms with Crippen molar-refractivity contribution in [2.75, 3.05) is 13.1 Å². The second-order valence-electron chi connectivity index (χ2n) is 3.79. The maximum absolute atomic E-state index is 11.3. The van der Waals surface area contributed by atoms with Crippen LogP contribution in [0.3, 0.4) is 0 Å². The molecular weight excluding hydrogens is 176 g/mol. The average molecular weight is 198 g/mol. The van der Waals surface area contributed by atoms with Crippen LogP contribution in [-0.2, 0) is 4.79 Å². The molecule has 82 valence electrons. The molecule has 1 unspecified atom stereocenters. The first-order chi connectivity index (χ1) is 6.56. The predicted octanol–water partition coefficient (Wildman–Crippen LogP) is 1.46. The summed E-state index contributed by atoms with van der Waals surface area (Å²) in [5, 5.41) is 5.95. The van der Waals surface area contributed by atoms with Crippen LogP contribution in [0.2, 0.25) is 0 Å². The molecule has 0 saturated heterocycles. The highest BCUT2D eigenvalue weighted by atomic mass is 16.1. The van der Waals surface area contributed by atoms with Gasteiger partial charge in [0.2, 0.25) is 5.91 Å². The summed E-state index contributed by atoms with van der Waals surface area (Å²) < 4.78 is 0. The Morgan fingerprint density at radius 2 is 2.07 bits per heavy atom. The number of rotatable bonds is 6. The minimum absolute atomic E-state index is 0.0708. The Hall–Kier alpha value is -0.830. The summed E-state index contributed by atoms with van der Waals surface area (Å²) in [5.41, 5.74) is 1.26. The molecule has 0 aromatic rings. The Labute approximate surface area is 87.0 Å². The molecule has 14 heavy (non-hydrogen) atoms. The fourth-order valence-corrected chi connectivity index (χ4v) is 0.890. The Kier molecular flexibility index (Phi) is 7.11. The number of allylic oxidation sites excluding steroid dienone is 1. The van der Waals surface area contributed by atoms with Crippen LogP contribution in [0.1, 0.15) is 34.1 Å². The van der Waals surface area contributed by atoms with Gasteiger partial charge in [-0.05, 0) is 27.2 Å². The van der Waals surface area contributed by atoms with E-state index in [0.29, 0.717) is 6.54 Å². The van der Waals surface area contributed by atoms with Gasteiger partial charge in [0.25, 0.3) is 0 Å². The second-order valence-corrected chi connectivity index (χ2v) is 3.79. The van der Waals surface area contributed by atoms with Crippen LogP contribution in [0.5, 0.6) is 0 Å². The summed E-state index contributed by atoms with van der Waals surface area (Å²) in [6.45, 7) is 9.31. The zero-order valence-corrected chi connectivity index (χ0v) is 9.68. The third-order valence-electron chi connectivity index (χ3n) is 1.96. The van der Waals surface area contributed by atoms with Gasteiger partial charge in [-0.1, -0.05) is 18.6 Å². The molecule has 2 N–H and O–H groups in total. The predicted molar refractivity (Wildman–Crippen MR) is 60.2 cm³/mol. The van der Waals surface area contributed by atoms with E-state index in [1.165, 1.54) is 5.57 Å². The van der Waals surface area contributed by atoms with Crippen LogP contribution >= 0.6 is 0 Å². The second kappa shape index (κ2) is 7.56. The van der Waals surface area contributed by atoms with Crippen LogP contribution in [0.15, 0.2) is 11.6 Å². The molecule has 0 aliphatic rings. The third-order valence-corrected chi connectivity index (χ3v) is 1.96. The maximum Gasteiger partial charge on any atom is 0.234 e. The minimum Gasteiger partial charge on any atom is -0.353 e. The lowest BCUT2D eigenvalue weighted by atomic mass is 10.2. The first kappa shape index (κ1) is 13.2. The monoisotopic (exact) mass is 198 g/mol. The molecule has 0 bridgehead atoms. The quantitative estimate of drug-likeness (QED) is 0.501. The van der Waals surface area contributed by atoms with E-state index in [1.807, 2.05) is 20.8 Å². The Morgan fingerprint density at radius 3 is 2.57 bits per heavy atom. The van der Waals surface area contributed by atoms with E-state index >= 15 is 0 Å². The van der Waals surface area contributed by atoms with Crippen LogP contribution in [0.4, 0.5) is 0 Å². The summed E-state index contributed by atoms with van der Waals surface area (Å²) in [7, 11) is 0. The maximum atomic E-state index is 11.3. The molecule has 3 heteroatoms. The highest BCUT2D eigenvalue weighted by Gasteiger charge is 2.03. The molecule has 0 heterocycles. The number of hydrogen-bond donors (Lipinski definition) is 2.